The lowest BCUT2D eigenvalue weighted by molar-refractivity contribution is 0.102. The van der Waals surface area contributed by atoms with Crippen LogP contribution in [0.2, 0.25) is 0 Å². The Bertz CT molecular complexity index is 1020. The minimum atomic E-state index is -0.281. The molecule has 0 fully saturated rings. The van der Waals surface area contributed by atoms with Crippen molar-refractivity contribution in [2.75, 3.05) is 10.6 Å². The van der Waals surface area contributed by atoms with E-state index in [9.17, 15) is 9.18 Å². The van der Waals surface area contributed by atoms with Crippen molar-refractivity contribution in [2.24, 2.45) is 0 Å². The lowest BCUT2D eigenvalue weighted by Crippen LogP contribution is -2.18. The van der Waals surface area contributed by atoms with Crippen LogP contribution in [0.1, 0.15) is 52.6 Å². The van der Waals surface area contributed by atoms with E-state index in [-0.39, 0.29) is 23.3 Å². The Morgan fingerprint density at radius 1 is 1.07 bits per heavy atom. The highest BCUT2D eigenvalue weighted by molar-refractivity contribution is 6.04. The zero-order valence-electron chi connectivity index (χ0n) is 17.1. The maximum atomic E-state index is 13.0. The van der Waals surface area contributed by atoms with Crippen molar-refractivity contribution in [1.82, 2.24) is 9.97 Å². The van der Waals surface area contributed by atoms with Gasteiger partial charge in [0.2, 0.25) is 5.95 Å². The minimum Gasteiger partial charge on any atom is -0.350 e. The number of rotatable bonds is 6. The first-order chi connectivity index (χ1) is 13.8. The summed E-state index contributed by atoms with van der Waals surface area (Å²) in [4.78, 5) is 21.6. The number of anilines is 2. The number of carbonyl (C=O) groups excluding carboxylic acids is 1. The molecule has 0 aliphatic carbocycles. The number of amides is 1. The lowest BCUT2D eigenvalue weighted by Gasteiger charge is -2.16. The van der Waals surface area contributed by atoms with Gasteiger partial charge in [0.05, 0.1) is 0 Å². The molecule has 2 N–H and O–H groups in total. The van der Waals surface area contributed by atoms with Crippen LogP contribution < -0.4 is 10.6 Å². The molecule has 5 nitrogen and oxygen atoms in total. The van der Waals surface area contributed by atoms with Crippen LogP contribution in [0.4, 0.5) is 16.0 Å². The number of halogens is 1. The molecule has 0 saturated carbocycles. The zero-order chi connectivity index (χ0) is 21.0. The molecule has 0 unspecified atom stereocenters. The largest absolute Gasteiger partial charge is 0.350 e. The molecule has 6 heteroatoms. The molecule has 3 aromatic rings. The maximum absolute atomic E-state index is 13.0. The lowest BCUT2D eigenvalue weighted by atomic mass is 9.98. The molecule has 0 aliphatic heterocycles. The minimum absolute atomic E-state index is 0.281. The fourth-order valence-electron chi connectivity index (χ4n) is 3.07. The quantitative estimate of drug-likeness (QED) is 0.603. The highest BCUT2D eigenvalue weighted by Crippen LogP contribution is 2.27. The first kappa shape index (κ1) is 20.5. The van der Waals surface area contributed by atoms with E-state index in [1.807, 2.05) is 32.0 Å². The van der Waals surface area contributed by atoms with Crippen molar-refractivity contribution in [3.8, 4) is 0 Å². The van der Waals surface area contributed by atoms with Gasteiger partial charge in [0.1, 0.15) is 11.5 Å². The first-order valence-electron chi connectivity index (χ1n) is 9.58. The fourth-order valence-corrected chi connectivity index (χ4v) is 3.07. The number of benzene rings is 2. The van der Waals surface area contributed by atoms with Crippen LogP contribution in [-0.4, -0.2) is 15.9 Å². The monoisotopic (exact) mass is 392 g/mol. The van der Waals surface area contributed by atoms with Gasteiger partial charge in [0.15, 0.2) is 0 Å². The van der Waals surface area contributed by atoms with Gasteiger partial charge >= 0.3 is 0 Å². The Kier molecular flexibility index (Phi) is 6.22. The summed E-state index contributed by atoms with van der Waals surface area (Å²) in [7, 11) is 0. The average Bonchev–Trinajstić information content (AvgIpc) is 2.68. The summed E-state index contributed by atoms with van der Waals surface area (Å²) in [6, 6.07) is 13.8. The van der Waals surface area contributed by atoms with Crippen LogP contribution >= 0.6 is 0 Å². The summed E-state index contributed by atoms with van der Waals surface area (Å²) < 4.78 is 13.0. The number of aryl methyl sites for hydroxylation is 2. The van der Waals surface area contributed by atoms with Gasteiger partial charge in [-0.1, -0.05) is 44.2 Å². The summed E-state index contributed by atoms with van der Waals surface area (Å²) in [6.45, 7) is 8.41. The van der Waals surface area contributed by atoms with Gasteiger partial charge in [-0.15, -0.1) is 0 Å². The molecule has 2 aromatic carbocycles. The summed E-state index contributed by atoms with van der Waals surface area (Å²) >= 11 is 0. The number of nitrogens with one attached hydrogen (secondary N) is 2. The van der Waals surface area contributed by atoms with Crippen molar-refractivity contribution >= 4 is 17.5 Å². The molecule has 1 amide bonds. The van der Waals surface area contributed by atoms with Crippen molar-refractivity contribution in [2.45, 2.75) is 40.2 Å². The third-order valence-corrected chi connectivity index (χ3v) is 4.62. The van der Waals surface area contributed by atoms with Crippen LogP contribution in [0.25, 0.3) is 0 Å². The van der Waals surface area contributed by atoms with Crippen LogP contribution in [0, 0.1) is 19.7 Å². The van der Waals surface area contributed by atoms with Gasteiger partial charge in [0.25, 0.3) is 5.91 Å². The first-order valence-corrected chi connectivity index (χ1v) is 9.58. The fraction of sp³-hybridized carbons (Fsp3) is 0.261. The average molecular weight is 392 g/mol. The molecule has 0 aliphatic rings. The van der Waals surface area contributed by atoms with E-state index in [4.69, 9.17) is 0 Å². The van der Waals surface area contributed by atoms with E-state index in [0.717, 1.165) is 22.4 Å². The van der Waals surface area contributed by atoms with Crippen molar-refractivity contribution in [3.63, 3.8) is 0 Å². The number of carbonyl (C=O) groups is 1. The highest BCUT2D eigenvalue weighted by atomic mass is 19.1. The van der Waals surface area contributed by atoms with Gasteiger partial charge in [-0.05, 0) is 54.7 Å². The Hall–Kier alpha value is -3.28. The van der Waals surface area contributed by atoms with Crippen molar-refractivity contribution in [1.29, 1.82) is 0 Å². The summed E-state index contributed by atoms with van der Waals surface area (Å²) in [6.07, 6.45) is 0. The second-order valence-electron chi connectivity index (χ2n) is 7.35. The molecule has 0 bridgehead atoms. The summed E-state index contributed by atoms with van der Waals surface area (Å²) in [5.74, 6) is 0.0756. The summed E-state index contributed by atoms with van der Waals surface area (Å²) in [5.41, 5.74) is 4.77. The normalized spacial score (nSPS) is 10.8. The van der Waals surface area contributed by atoms with Gasteiger partial charge in [0, 0.05) is 17.9 Å². The SMILES string of the molecule is Cc1cc(C(=O)Nc2c(C)cccc2C(C)C)nc(NCc2ccc(F)cc2)n1. The smallest absolute Gasteiger partial charge is 0.274 e. The topological polar surface area (TPSA) is 66.9 Å². The van der Waals surface area contributed by atoms with Crippen LogP contribution in [0.3, 0.4) is 0 Å². The third kappa shape index (κ3) is 5.16. The molecule has 0 spiro atoms. The van der Waals surface area contributed by atoms with Crippen molar-refractivity contribution in [3.05, 3.63) is 82.4 Å². The standard InChI is InChI=1S/C23H25FN4O/c1-14(2)19-7-5-6-15(3)21(19)28-22(29)20-12-16(4)26-23(27-20)25-13-17-8-10-18(24)11-9-17/h5-12,14H,13H2,1-4H3,(H,28,29)(H,25,26,27). The molecule has 1 heterocycles. The zero-order valence-corrected chi connectivity index (χ0v) is 17.1. The van der Waals surface area contributed by atoms with Gasteiger partial charge in [-0.3, -0.25) is 4.79 Å². The molecule has 29 heavy (non-hydrogen) atoms. The van der Waals surface area contributed by atoms with Crippen molar-refractivity contribution < 1.29 is 9.18 Å². The third-order valence-electron chi connectivity index (χ3n) is 4.62. The number of hydrogen-bond acceptors (Lipinski definition) is 4. The summed E-state index contributed by atoms with van der Waals surface area (Å²) in [5, 5.41) is 6.11. The second-order valence-corrected chi connectivity index (χ2v) is 7.35. The Labute approximate surface area is 170 Å². The predicted octanol–water partition coefficient (Wildman–Crippen LogP) is 5.22. The Morgan fingerprint density at radius 3 is 2.48 bits per heavy atom. The highest BCUT2D eigenvalue weighted by Gasteiger charge is 2.15. The van der Waals surface area contributed by atoms with Crippen LogP contribution in [0.5, 0.6) is 0 Å². The number of aromatic nitrogens is 2. The molecular formula is C23H25FN4O. The van der Waals surface area contributed by atoms with E-state index < -0.39 is 0 Å². The molecule has 1 aromatic heterocycles. The number of hydrogen-bond donors (Lipinski definition) is 2. The van der Waals surface area contributed by atoms with Crippen LogP contribution in [0.15, 0.2) is 48.5 Å². The second kappa shape index (κ2) is 8.82. The molecule has 150 valence electrons. The molecule has 0 radical (unpaired) electrons. The number of para-hydroxylation sites is 1. The molecule has 3 rings (SSSR count). The van der Waals surface area contributed by atoms with Gasteiger partial charge < -0.3 is 10.6 Å². The maximum Gasteiger partial charge on any atom is 0.274 e. The molecule has 0 atom stereocenters. The Balaban J connectivity index is 1.79. The van der Waals surface area contributed by atoms with Gasteiger partial charge in [-0.25, -0.2) is 14.4 Å². The van der Waals surface area contributed by atoms with Crippen LogP contribution in [-0.2, 0) is 6.54 Å². The van der Waals surface area contributed by atoms with Gasteiger partial charge in [-0.2, -0.15) is 0 Å². The van der Waals surface area contributed by atoms with E-state index in [0.29, 0.717) is 18.2 Å². The van der Waals surface area contributed by atoms with E-state index in [2.05, 4.69) is 34.4 Å². The molecule has 0 saturated heterocycles. The predicted molar refractivity (Wildman–Crippen MR) is 114 cm³/mol. The van der Waals surface area contributed by atoms with E-state index in [1.54, 1.807) is 18.2 Å². The number of nitrogens with zero attached hydrogens (tertiary/aromatic N) is 2. The molecular weight excluding hydrogens is 367 g/mol. The van der Waals surface area contributed by atoms with E-state index in [1.165, 1.54) is 12.1 Å². The Morgan fingerprint density at radius 2 is 1.79 bits per heavy atom. The van der Waals surface area contributed by atoms with E-state index >= 15 is 0 Å².